The van der Waals surface area contributed by atoms with Crippen LogP contribution in [0, 0.1) is 5.82 Å². The lowest BCUT2D eigenvalue weighted by molar-refractivity contribution is -0.142. The van der Waals surface area contributed by atoms with Gasteiger partial charge in [0.15, 0.2) is 11.6 Å². The molecule has 1 fully saturated rings. The predicted molar refractivity (Wildman–Crippen MR) is 106 cm³/mol. The molecule has 3 rings (SSSR count). The molecule has 2 atom stereocenters. The van der Waals surface area contributed by atoms with Crippen LogP contribution in [0.4, 0.5) is 10.2 Å². The molecule has 0 spiro atoms. The first-order chi connectivity index (χ1) is 13.3. The Kier molecular flexibility index (Phi) is 5.63. The van der Waals surface area contributed by atoms with Crippen LogP contribution in [0.15, 0.2) is 36.5 Å². The van der Waals surface area contributed by atoms with Crippen LogP contribution >= 0.6 is 0 Å². The molecule has 1 aliphatic rings. The number of pyridine rings is 1. The van der Waals surface area contributed by atoms with Gasteiger partial charge in [-0.25, -0.2) is 9.37 Å². The van der Waals surface area contributed by atoms with Crippen molar-refractivity contribution in [3.63, 3.8) is 0 Å². The normalized spacial score (nSPS) is 19.8. The number of carbonyl (C=O) groups excluding carboxylic acids is 2. The van der Waals surface area contributed by atoms with Crippen LogP contribution in [0.1, 0.15) is 37.0 Å². The summed E-state index contributed by atoms with van der Waals surface area (Å²) in [4.78, 5) is 33.1. The van der Waals surface area contributed by atoms with Gasteiger partial charge in [-0.1, -0.05) is 25.5 Å². The van der Waals surface area contributed by atoms with Gasteiger partial charge < -0.3 is 15.5 Å². The van der Waals surface area contributed by atoms with E-state index in [-0.39, 0.29) is 23.7 Å². The van der Waals surface area contributed by atoms with Gasteiger partial charge in [-0.05, 0) is 37.1 Å². The van der Waals surface area contributed by atoms with Gasteiger partial charge >= 0.3 is 0 Å². The number of aromatic nitrogens is 1. The molecule has 0 bridgehead atoms. The Morgan fingerprint density at radius 3 is 2.75 bits per heavy atom. The second-order valence-corrected chi connectivity index (χ2v) is 7.23. The number of likely N-dealkylation sites (N-methyl/N-ethyl adjacent to an activating group) is 1. The zero-order valence-electron chi connectivity index (χ0n) is 16.4. The van der Waals surface area contributed by atoms with Gasteiger partial charge in [0.2, 0.25) is 5.91 Å². The maximum Gasteiger partial charge on any atom is 0.254 e. The molecule has 0 unspecified atom stereocenters. The van der Waals surface area contributed by atoms with Gasteiger partial charge in [-0.15, -0.1) is 0 Å². The molecular formula is C21H25FN4O2. The zero-order chi connectivity index (χ0) is 20.4. The van der Waals surface area contributed by atoms with Crippen molar-refractivity contribution in [2.75, 3.05) is 19.3 Å². The number of carbonyl (C=O) groups is 2. The molecule has 1 aromatic heterocycles. The highest BCUT2D eigenvalue weighted by molar-refractivity contribution is 5.99. The first-order valence-electron chi connectivity index (χ1n) is 9.42. The van der Waals surface area contributed by atoms with Gasteiger partial charge in [-0.3, -0.25) is 9.59 Å². The first-order valence-corrected chi connectivity index (χ1v) is 9.42. The number of rotatable bonds is 4. The average Bonchev–Trinajstić information content (AvgIpc) is 2.70. The smallest absolute Gasteiger partial charge is 0.254 e. The van der Waals surface area contributed by atoms with Gasteiger partial charge in [0, 0.05) is 37.0 Å². The highest BCUT2D eigenvalue weighted by Crippen LogP contribution is 2.25. The molecular weight excluding hydrogens is 359 g/mol. The largest absolute Gasteiger partial charge is 0.381 e. The molecule has 1 saturated heterocycles. The van der Waals surface area contributed by atoms with Crippen LogP contribution in [0.25, 0.3) is 11.1 Å². The zero-order valence-corrected chi connectivity index (χ0v) is 16.4. The van der Waals surface area contributed by atoms with Crippen LogP contribution in [0.2, 0.25) is 0 Å². The van der Waals surface area contributed by atoms with Gasteiger partial charge in [-0.2, -0.15) is 0 Å². The van der Waals surface area contributed by atoms with E-state index in [0.29, 0.717) is 29.7 Å². The van der Waals surface area contributed by atoms with E-state index in [1.807, 2.05) is 13.8 Å². The van der Waals surface area contributed by atoms with Gasteiger partial charge in [0.05, 0.1) is 0 Å². The Bertz CT molecular complexity index is 902. The molecule has 148 valence electrons. The summed E-state index contributed by atoms with van der Waals surface area (Å²) in [5.74, 6) is -0.994. The standard InChI is InChI=1S/C21H25FN4O2/c1-4-6-18-21(28)25(3)13(2)12-26(18)20(27)15-8-5-7-14(9-15)16-10-17(22)19(23)24-11-16/h5,7-11,13,18H,4,6,12H2,1-3H3,(H2,23,24)/t13-,18-/m1/s1. The summed E-state index contributed by atoms with van der Waals surface area (Å²) >= 11 is 0. The molecule has 28 heavy (non-hydrogen) atoms. The summed E-state index contributed by atoms with van der Waals surface area (Å²) in [5, 5.41) is 0. The molecule has 2 aromatic rings. The molecule has 0 saturated carbocycles. The average molecular weight is 384 g/mol. The van der Waals surface area contributed by atoms with E-state index in [4.69, 9.17) is 5.73 Å². The Morgan fingerprint density at radius 1 is 1.32 bits per heavy atom. The van der Waals surface area contributed by atoms with Crippen molar-refractivity contribution in [3.05, 3.63) is 47.9 Å². The lowest BCUT2D eigenvalue weighted by Gasteiger charge is -2.43. The van der Waals surface area contributed by atoms with Crippen LogP contribution in [-0.2, 0) is 4.79 Å². The van der Waals surface area contributed by atoms with Crippen molar-refractivity contribution in [1.29, 1.82) is 0 Å². The van der Waals surface area contributed by atoms with Crippen molar-refractivity contribution in [1.82, 2.24) is 14.8 Å². The summed E-state index contributed by atoms with van der Waals surface area (Å²) in [6, 6.07) is 7.72. The fourth-order valence-electron chi connectivity index (χ4n) is 3.50. The number of nitrogens with two attached hydrogens (primary N) is 1. The van der Waals surface area contributed by atoms with E-state index < -0.39 is 11.9 Å². The van der Waals surface area contributed by atoms with Crippen molar-refractivity contribution in [2.45, 2.75) is 38.8 Å². The first kappa shape index (κ1) is 19.8. The van der Waals surface area contributed by atoms with Crippen molar-refractivity contribution in [3.8, 4) is 11.1 Å². The van der Waals surface area contributed by atoms with Gasteiger partial charge in [0.25, 0.3) is 5.91 Å². The number of piperazine rings is 1. The number of hydrogen-bond acceptors (Lipinski definition) is 4. The Balaban J connectivity index is 1.93. The molecule has 2 N–H and O–H groups in total. The number of amides is 2. The minimum absolute atomic E-state index is 0.0325. The van der Waals surface area contributed by atoms with E-state index in [9.17, 15) is 14.0 Å². The monoisotopic (exact) mass is 384 g/mol. The van der Waals surface area contributed by atoms with Crippen LogP contribution in [-0.4, -0.2) is 52.3 Å². The predicted octanol–water partition coefficient (Wildman–Crippen LogP) is 2.94. The second kappa shape index (κ2) is 7.96. The van der Waals surface area contributed by atoms with E-state index in [1.54, 1.807) is 41.1 Å². The quantitative estimate of drug-likeness (QED) is 0.879. The Labute approximate surface area is 164 Å². The molecule has 1 aromatic carbocycles. The third-order valence-electron chi connectivity index (χ3n) is 5.27. The van der Waals surface area contributed by atoms with Crippen molar-refractivity contribution >= 4 is 17.6 Å². The van der Waals surface area contributed by atoms with Crippen LogP contribution in [0.3, 0.4) is 0 Å². The van der Waals surface area contributed by atoms with Crippen molar-refractivity contribution < 1.29 is 14.0 Å². The second-order valence-electron chi connectivity index (χ2n) is 7.23. The van der Waals surface area contributed by atoms with Crippen molar-refractivity contribution in [2.24, 2.45) is 0 Å². The summed E-state index contributed by atoms with van der Waals surface area (Å²) in [7, 11) is 1.78. The van der Waals surface area contributed by atoms with Crippen LogP contribution in [0.5, 0.6) is 0 Å². The molecule has 0 radical (unpaired) electrons. The summed E-state index contributed by atoms with van der Waals surface area (Å²) < 4.78 is 13.8. The summed E-state index contributed by atoms with van der Waals surface area (Å²) in [6.45, 7) is 4.41. The molecule has 2 amide bonds. The molecule has 2 heterocycles. The topological polar surface area (TPSA) is 79.5 Å². The highest BCUT2D eigenvalue weighted by Gasteiger charge is 2.38. The van der Waals surface area contributed by atoms with E-state index in [1.165, 1.54) is 12.3 Å². The maximum atomic E-state index is 13.8. The van der Waals surface area contributed by atoms with Crippen LogP contribution < -0.4 is 5.73 Å². The van der Waals surface area contributed by atoms with E-state index in [0.717, 1.165) is 6.42 Å². The molecule has 0 aliphatic carbocycles. The minimum Gasteiger partial charge on any atom is -0.381 e. The number of anilines is 1. The lowest BCUT2D eigenvalue weighted by atomic mass is 9.99. The third kappa shape index (κ3) is 3.69. The Hall–Kier alpha value is -2.96. The van der Waals surface area contributed by atoms with E-state index >= 15 is 0 Å². The number of nitrogens with zero attached hydrogens (tertiary/aromatic N) is 3. The Morgan fingerprint density at radius 2 is 2.07 bits per heavy atom. The summed E-state index contributed by atoms with van der Waals surface area (Å²) in [5.41, 5.74) is 7.10. The molecule has 1 aliphatic heterocycles. The molecule has 6 nitrogen and oxygen atoms in total. The maximum absolute atomic E-state index is 13.8. The number of benzene rings is 1. The number of hydrogen-bond donors (Lipinski definition) is 1. The fourth-order valence-corrected chi connectivity index (χ4v) is 3.50. The highest BCUT2D eigenvalue weighted by atomic mass is 19.1. The summed E-state index contributed by atoms with van der Waals surface area (Å²) in [6.07, 6.45) is 2.90. The minimum atomic E-state index is -0.601. The third-order valence-corrected chi connectivity index (χ3v) is 5.27. The van der Waals surface area contributed by atoms with Gasteiger partial charge in [0.1, 0.15) is 6.04 Å². The van der Waals surface area contributed by atoms with E-state index in [2.05, 4.69) is 4.98 Å². The number of nitrogen functional groups attached to an aromatic ring is 1. The number of halogens is 1. The SMILES string of the molecule is CCC[C@@H]1C(=O)N(C)[C@H](C)CN1C(=O)c1cccc(-c2cnc(N)c(F)c2)c1. The fraction of sp³-hybridized carbons (Fsp3) is 0.381. The lowest BCUT2D eigenvalue weighted by Crippen LogP contribution is -2.61. The molecule has 7 heteroatoms.